The van der Waals surface area contributed by atoms with Gasteiger partial charge in [-0.15, -0.1) is 11.3 Å². The molecule has 2 aromatic rings. The van der Waals surface area contributed by atoms with Crippen LogP contribution in [0.15, 0.2) is 41.8 Å². The molecule has 2 nitrogen and oxygen atoms in total. The smallest absolute Gasteiger partial charge is 0.387 e. The number of nitrogens with one attached hydrogen (secondary N) is 1. The summed E-state index contributed by atoms with van der Waals surface area (Å²) in [4.78, 5) is 1.32. The van der Waals surface area contributed by atoms with Gasteiger partial charge in [0.2, 0.25) is 0 Å². The van der Waals surface area contributed by atoms with Gasteiger partial charge >= 0.3 is 6.61 Å². The largest absolute Gasteiger partial charge is 0.435 e. The molecule has 0 saturated heterocycles. The normalized spacial score (nSPS) is 16.1. The average Bonchev–Trinajstić information content (AvgIpc) is 3.12. The van der Waals surface area contributed by atoms with Crippen molar-refractivity contribution in [1.82, 2.24) is 0 Å². The molecular weight excluding hydrogens is 280 g/mol. The van der Waals surface area contributed by atoms with Crippen LogP contribution in [-0.2, 0) is 0 Å². The fourth-order valence-corrected chi connectivity index (χ4v) is 3.10. The summed E-state index contributed by atoms with van der Waals surface area (Å²) in [6, 6.07) is 11.2. The fraction of sp³-hybridized carbons (Fsp3) is 0.333. The van der Waals surface area contributed by atoms with E-state index >= 15 is 0 Å². The number of benzene rings is 1. The average molecular weight is 295 g/mol. The number of rotatable bonds is 6. The summed E-state index contributed by atoms with van der Waals surface area (Å²) in [6.45, 7) is -2.78. The Morgan fingerprint density at radius 2 is 1.90 bits per heavy atom. The van der Waals surface area contributed by atoms with Crippen LogP contribution in [0.5, 0.6) is 5.75 Å². The number of halogens is 2. The Bertz CT molecular complexity index is 538. The topological polar surface area (TPSA) is 21.3 Å². The van der Waals surface area contributed by atoms with E-state index in [2.05, 4.69) is 27.6 Å². The Balaban J connectivity index is 1.69. The molecule has 1 atom stereocenters. The molecule has 1 N–H and O–H groups in total. The molecule has 20 heavy (non-hydrogen) atoms. The van der Waals surface area contributed by atoms with Gasteiger partial charge in [-0.3, -0.25) is 0 Å². The molecule has 5 heteroatoms. The predicted octanol–water partition coefficient (Wildman–Crippen LogP) is 4.91. The van der Waals surface area contributed by atoms with Crippen LogP contribution in [0.25, 0.3) is 0 Å². The molecule has 3 rings (SSSR count). The molecule has 1 aliphatic carbocycles. The van der Waals surface area contributed by atoms with E-state index in [-0.39, 0.29) is 5.75 Å². The first-order chi connectivity index (χ1) is 9.72. The lowest BCUT2D eigenvalue weighted by Crippen LogP contribution is -2.11. The molecule has 1 unspecified atom stereocenters. The Labute approximate surface area is 120 Å². The summed E-state index contributed by atoms with van der Waals surface area (Å²) in [5.74, 6) is 0.857. The molecule has 0 aliphatic heterocycles. The zero-order chi connectivity index (χ0) is 13.9. The molecule has 1 heterocycles. The first kappa shape index (κ1) is 13.4. The monoisotopic (exact) mass is 295 g/mol. The molecule has 0 amide bonds. The van der Waals surface area contributed by atoms with Crippen LogP contribution in [0.1, 0.15) is 23.8 Å². The SMILES string of the molecule is FC(F)Oc1ccc(NC(c2cccs2)C2CC2)cc1. The minimum absolute atomic E-state index is 0.185. The highest BCUT2D eigenvalue weighted by atomic mass is 32.1. The van der Waals surface area contributed by atoms with E-state index in [1.54, 1.807) is 35.6 Å². The van der Waals surface area contributed by atoms with E-state index in [9.17, 15) is 8.78 Å². The summed E-state index contributed by atoms with van der Waals surface area (Å²) in [5, 5.41) is 5.57. The summed E-state index contributed by atoms with van der Waals surface area (Å²) in [5.41, 5.74) is 0.928. The number of alkyl halides is 2. The third kappa shape index (κ3) is 3.28. The number of ether oxygens (including phenoxy) is 1. The van der Waals surface area contributed by atoms with Gasteiger partial charge in [0.05, 0.1) is 6.04 Å². The highest BCUT2D eigenvalue weighted by molar-refractivity contribution is 7.10. The van der Waals surface area contributed by atoms with Crippen molar-refractivity contribution >= 4 is 17.0 Å². The molecule has 1 aliphatic rings. The van der Waals surface area contributed by atoms with E-state index in [1.807, 2.05) is 0 Å². The van der Waals surface area contributed by atoms with Gasteiger partial charge in [-0.25, -0.2) is 0 Å². The van der Waals surface area contributed by atoms with Crippen molar-refractivity contribution in [3.05, 3.63) is 46.7 Å². The number of hydrogen-bond donors (Lipinski definition) is 1. The second-order valence-electron chi connectivity index (χ2n) is 4.88. The van der Waals surface area contributed by atoms with Gasteiger partial charge in [-0.05, 0) is 54.5 Å². The maximum absolute atomic E-state index is 12.1. The molecule has 1 saturated carbocycles. The Kier molecular flexibility index (Phi) is 3.87. The highest BCUT2D eigenvalue weighted by Crippen LogP contribution is 2.44. The summed E-state index contributed by atoms with van der Waals surface area (Å²) >= 11 is 1.74. The fourth-order valence-electron chi connectivity index (χ4n) is 2.23. The Morgan fingerprint density at radius 1 is 1.15 bits per heavy atom. The van der Waals surface area contributed by atoms with Crippen LogP contribution in [-0.4, -0.2) is 6.61 Å². The van der Waals surface area contributed by atoms with Gasteiger partial charge in [-0.1, -0.05) is 6.07 Å². The molecule has 1 fully saturated rings. The third-order valence-corrected chi connectivity index (χ3v) is 4.30. The van der Waals surface area contributed by atoms with Crippen molar-refractivity contribution < 1.29 is 13.5 Å². The predicted molar refractivity (Wildman–Crippen MR) is 76.5 cm³/mol. The van der Waals surface area contributed by atoms with Crippen LogP contribution in [0.3, 0.4) is 0 Å². The van der Waals surface area contributed by atoms with Gasteiger partial charge < -0.3 is 10.1 Å². The van der Waals surface area contributed by atoms with Gasteiger partial charge in [0.15, 0.2) is 0 Å². The standard InChI is InChI=1S/C15H15F2NOS/c16-15(17)19-12-7-5-11(6-8-12)18-14(10-3-4-10)13-2-1-9-20-13/h1-2,5-10,14-15,18H,3-4H2. The van der Waals surface area contributed by atoms with Crippen LogP contribution in [0.2, 0.25) is 0 Å². The summed E-state index contributed by atoms with van der Waals surface area (Å²) < 4.78 is 28.5. The van der Waals surface area contributed by atoms with Crippen molar-refractivity contribution in [1.29, 1.82) is 0 Å². The lowest BCUT2D eigenvalue weighted by Gasteiger charge is -2.18. The van der Waals surface area contributed by atoms with E-state index in [4.69, 9.17) is 0 Å². The van der Waals surface area contributed by atoms with Crippen LogP contribution in [0, 0.1) is 5.92 Å². The molecule has 0 spiro atoms. The van der Waals surface area contributed by atoms with Gasteiger partial charge in [-0.2, -0.15) is 8.78 Å². The molecule has 0 bridgehead atoms. The van der Waals surface area contributed by atoms with E-state index in [0.29, 0.717) is 12.0 Å². The first-order valence-corrected chi connectivity index (χ1v) is 7.45. The maximum Gasteiger partial charge on any atom is 0.387 e. The number of hydrogen-bond acceptors (Lipinski definition) is 3. The zero-order valence-corrected chi connectivity index (χ0v) is 11.6. The quantitative estimate of drug-likeness (QED) is 0.817. The minimum atomic E-state index is -2.78. The minimum Gasteiger partial charge on any atom is -0.435 e. The second kappa shape index (κ2) is 5.79. The van der Waals surface area contributed by atoms with Crippen LogP contribution < -0.4 is 10.1 Å². The van der Waals surface area contributed by atoms with E-state index in [0.717, 1.165) is 5.69 Å². The number of anilines is 1. The first-order valence-electron chi connectivity index (χ1n) is 6.57. The van der Waals surface area contributed by atoms with Gasteiger partial charge in [0.1, 0.15) is 5.75 Å². The third-order valence-electron chi connectivity index (χ3n) is 3.34. The summed E-state index contributed by atoms with van der Waals surface area (Å²) in [7, 11) is 0. The number of thiophene rings is 1. The molecule has 0 radical (unpaired) electrons. The van der Waals surface area contributed by atoms with Crippen molar-refractivity contribution in [2.75, 3.05) is 5.32 Å². The maximum atomic E-state index is 12.1. The lowest BCUT2D eigenvalue weighted by molar-refractivity contribution is -0.0498. The molecule has 1 aromatic carbocycles. The van der Waals surface area contributed by atoms with Crippen LogP contribution in [0.4, 0.5) is 14.5 Å². The van der Waals surface area contributed by atoms with Crippen molar-refractivity contribution in [3.8, 4) is 5.75 Å². The molecule has 1 aromatic heterocycles. The van der Waals surface area contributed by atoms with Crippen molar-refractivity contribution in [2.45, 2.75) is 25.5 Å². The second-order valence-corrected chi connectivity index (χ2v) is 5.86. The Hall–Kier alpha value is -1.62. The molecule has 106 valence electrons. The molecular formula is C15H15F2NOS. The van der Waals surface area contributed by atoms with E-state index in [1.165, 1.54) is 17.7 Å². The van der Waals surface area contributed by atoms with E-state index < -0.39 is 6.61 Å². The van der Waals surface area contributed by atoms with Gasteiger partial charge in [0, 0.05) is 10.6 Å². The zero-order valence-electron chi connectivity index (χ0n) is 10.8. The van der Waals surface area contributed by atoms with Crippen molar-refractivity contribution in [3.63, 3.8) is 0 Å². The lowest BCUT2D eigenvalue weighted by atomic mass is 10.1. The van der Waals surface area contributed by atoms with Gasteiger partial charge in [0.25, 0.3) is 0 Å². The highest BCUT2D eigenvalue weighted by Gasteiger charge is 2.32. The van der Waals surface area contributed by atoms with Crippen LogP contribution >= 0.6 is 11.3 Å². The summed E-state index contributed by atoms with van der Waals surface area (Å²) in [6.07, 6.45) is 2.48. The van der Waals surface area contributed by atoms with Crippen molar-refractivity contribution in [2.24, 2.45) is 5.92 Å². The Morgan fingerprint density at radius 3 is 2.45 bits per heavy atom.